The van der Waals surface area contributed by atoms with E-state index in [9.17, 15) is 0 Å². The van der Waals surface area contributed by atoms with Gasteiger partial charge in [-0.1, -0.05) is 52.0 Å². The molecule has 1 aromatic carbocycles. The maximum atomic E-state index is 5.91. The smallest absolute Gasteiger partial charge is 0.118 e. The Balaban J connectivity index is 2.22. The van der Waals surface area contributed by atoms with Crippen molar-refractivity contribution in [2.24, 2.45) is 23.7 Å². The number of hydrogen-bond acceptors (Lipinski definition) is 2. The van der Waals surface area contributed by atoms with Crippen LogP contribution in [-0.4, -0.2) is 13.7 Å². The van der Waals surface area contributed by atoms with E-state index in [0.717, 1.165) is 24.2 Å². The van der Waals surface area contributed by atoms with Gasteiger partial charge in [-0.2, -0.15) is 0 Å². The summed E-state index contributed by atoms with van der Waals surface area (Å²) in [6, 6.07) is 8.11. The van der Waals surface area contributed by atoms with E-state index < -0.39 is 0 Å². The summed E-state index contributed by atoms with van der Waals surface area (Å²) in [5.41, 5.74) is 1.20. The van der Waals surface area contributed by atoms with Crippen LogP contribution in [0.4, 0.5) is 0 Å². The lowest BCUT2D eigenvalue weighted by atomic mass is 9.86. The van der Waals surface area contributed by atoms with Crippen LogP contribution in [0.5, 0.6) is 5.75 Å². The summed E-state index contributed by atoms with van der Waals surface area (Å²) >= 11 is 0. The Morgan fingerprint density at radius 1 is 0.880 bits per heavy atom. The van der Waals surface area contributed by atoms with E-state index in [2.05, 4.69) is 58.9 Å². The molecular formula is C23H38O2. The summed E-state index contributed by atoms with van der Waals surface area (Å²) in [5.74, 6) is 3.73. The molecule has 0 radical (unpaired) electrons. The van der Waals surface area contributed by atoms with Gasteiger partial charge in [-0.3, -0.25) is 0 Å². The Hall–Kier alpha value is -1.28. The van der Waals surface area contributed by atoms with Gasteiger partial charge in [0, 0.05) is 6.61 Å². The van der Waals surface area contributed by atoms with Gasteiger partial charge in [0.05, 0.1) is 13.7 Å². The fourth-order valence-corrected chi connectivity index (χ4v) is 3.78. The van der Waals surface area contributed by atoms with Gasteiger partial charge in [-0.15, -0.1) is 0 Å². The predicted octanol–water partition coefficient (Wildman–Crippen LogP) is 6.50. The summed E-state index contributed by atoms with van der Waals surface area (Å²) in [6.07, 6.45) is 8.33. The number of hydrogen-bond donors (Lipinski definition) is 0. The molecule has 0 aliphatic rings. The van der Waals surface area contributed by atoms with Crippen LogP contribution in [0.25, 0.3) is 0 Å². The van der Waals surface area contributed by atoms with Crippen molar-refractivity contribution in [2.45, 2.75) is 60.5 Å². The van der Waals surface area contributed by atoms with E-state index in [4.69, 9.17) is 9.47 Å². The van der Waals surface area contributed by atoms with E-state index in [-0.39, 0.29) is 0 Å². The zero-order chi connectivity index (χ0) is 18.7. The molecule has 0 unspecified atom stereocenters. The van der Waals surface area contributed by atoms with Gasteiger partial charge in [0.2, 0.25) is 0 Å². The van der Waals surface area contributed by atoms with Crippen molar-refractivity contribution in [1.29, 1.82) is 0 Å². The summed E-state index contributed by atoms with van der Waals surface area (Å²) in [6.45, 7) is 13.0. The maximum absolute atomic E-state index is 5.91. The molecule has 0 N–H and O–H groups in total. The molecule has 0 aliphatic heterocycles. The van der Waals surface area contributed by atoms with Crippen molar-refractivity contribution >= 4 is 0 Å². The molecule has 0 aromatic heterocycles. The van der Waals surface area contributed by atoms with E-state index in [0.29, 0.717) is 18.4 Å². The third-order valence-corrected chi connectivity index (χ3v) is 4.73. The number of methoxy groups -OCH3 is 1. The van der Waals surface area contributed by atoms with Crippen molar-refractivity contribution in [3.05, 3.63) is 42.0 Å². The lowest BCUT2D eigenvalue weighted by molar-refractivity contribution is 0.0832. The van der Waals surface area contributed by atoms with Crippen LogP contribution in [0.15, 0.2) is 36.4 Å². The third kappa shape index (κ3) is 9.69. The van der Waals surface area contributed by atoms with E-state index >= 15 is 0 Å². The van der Waals surface area contributed by atoms with Gasteiger partial charge < -0.3 is 9.47 Å². The molecule has 2 heteroatoms. The molecule has 0 saturated carbocycles. The highest BCUT2D eigenvalue weighted by atomic mass is 16.5. The van der Waals surface area contributed by atoms with Gasteiger partial charge in [-0.25, -0.2) is 0 Å². The molecule has 0 spiro atoms. The third-order valence-electron chi connectivity index (χ3n) is 4.73. The number of rotatable bonds is 12. The monoisotopic (exact) mass is 346 g/mol. The second-order valence-corrected chi connectivity index (χ2v) is 7.89. The first-order valence-corrected chi connectivity index (χ1v) is 9.78. The molecule has 1 aromatic rings. The molecule has 2 nitrogen and oxygen atoms in total. The largest absolute Gasteiger partial charge is 0.497 e. The minimum absolute atomic E-state index is 0.605. The first-order chi connectivity index (χ1) is 11.9. The van der Waals surface area contributed by atoms with Gasteiger partial charge in [-0.05, 0) is 67.6 Å². The van der Waals surface area contributed by atoms with Crippen molar-refractivity contribution in [1.82, 2.24) is 0 Å². The van der Waals surface area contributed by atoms with Crippen LogP contribution >= 0.6 is 0 Å². The van der Waals surface area contributed by atoms with Gasteiger partial charge >= 0.3 is 0 Å². The fourth-order valence-electron chi connectivity index (χ4n) is 3.78. The molecule has 0 fully saturated rings. The van der Waals surface area contributed by atoms with E-state index in [1.54, 1.807) is 7.11 Å². The Morgan fingerprint density at radius 2 is 1.48 bits per heavy atom. The molecule has 25 heavy (non-hydrogen) atoms. The number of benzene rings is 1. The average Bonchev–Trinajstić information content (AvgIpc) is 2.55. The van der Waals surface area contributed by atoms with Gasteiger partial charge in [0.15, 0.2) is 0 Å². The van der Waals surface area contributed by atoms with Crippen LogP contribution in [0.1, 0.15) is 59.4 Å². The van der Waals surface area contributed by atoms with Crippen molar-refractivity contribution in [3.8, 4) is 5.75 Å². The second kappa shape index (κ2) is 12.1. The van der Waals surface area contributed by atoms with Gasteiger partial charge in [0.25, 0.3) is 0 Å². The molecule has 4 atom stereocenters. The van der Waals surface area contributed by atoms with Crippen LogP contribution in [-0.2, 0) is 11.3 Å². The molecule has 0 bridgehead atoms. The van der Waals surface area contributed by atoms with Crippen molar-refractivity contribution in [3.63, 3.8) is 0 Å². The van der Waals surface area contributed by atoms with Gasteiger partial charge in [0.1, 0.15) is 5.75 Å². The molecule has 0 amide bonds. The Morgan fingerprint density at radius 3 is 2.08 bits per heavy atom. The normalized spacial score (nSPS) is 16.6. The van der Waals surface area contributed by atoms with E-state index in [1.165, 1.54) is 24.8 Å². The highest BCUT2D eigenvalue weighted by molar-refractivity contribution is 5.26. The molecule has 0 heterocycles. The number of ether oxygens (including phenoxy) is 2. The maximum Gasteiger partial charge on any atom is 0.118 e. The Labute approximate surface area is 155 Å². The highest BCUT2D eigenvalue weighted by Gasteiger charge is 2.14. The summed E-state index contributed by atoms with van der Waals surface area (Å²) in [5, 5.41) is 0. The second-order valence-electron chi connectivity index (χ2n) is 7.89. The predicted molar refractivity (Wildman–Crippen MR) is 108 cm³/mol. The first kappa shape index (κ1) is 21.8. The Kier molecular flexibility index (Phi) is 10.6. The van der Waals surface area contributed by atoms with Crippen LogP contribution in [0.2, 0.25) is 0 Å². The quantitative estimate of drug-likeness (QED) is 0.402. The molecular weight excluding hydrogens is 308 g/mol. The summed E-state index contributed by atoms with van der Waals surface area (Å²) in [4.78, 5) is 0. The molecule has 142 valence electrons. The standard InChI is InChI=1S/C23H38O2/c1-7-8-18(2)13-19(3)14-20(4)15-21(5)16-25-17-22-9-11-23(24-6)12-10-22/h7-12,18-21H,13-17H2,1-6H3/b8-7+/t18-,19+,20-,21+/m0/s1. The summed E-state index contributed by atoms with van der Waals surface area (Å²) < 4.78 is 11.1. The SMILES string of the molecule is C/C=C/[C@H](C)C[C@@H](C)C[C@H](C)C[C@@H](C)COCc1ccc(OC)cc1. The zero-order valence-corrected chi connectivity index (χ0v) is 17.1. The lowest BCUT2D eigenvalue weighted by Crippen LogP contribution is -2.13. The minimum Gasteiger partial charge on any atom is -0.497 e. The fraction of sp³-hybridized carbons (Fsp3) is 0.652. The van der Waals surface area contributed by atoms with Crippen molar-refractivity contribution < 1.29 is 9.47 Å². The van der Waals surface area contributed by atoms with Crippen LogP contribution < -0.4 is 4.74 Å². The first-order valence-electron chi connectivity index (χ1n) is 9.78. The van der Waals surface area contributed by atoms with Crippen LogP contribution in [0.3, 0.4) is 0 Å². The minimum atomic E-state index is 0.605. The zero-order valence-electron chi connectivity index (χ0n) is 17.1. The highest BCUT2D eigenvalue weighted by Crippen LogP contribution is 2.25. The average molecular weight is 347 g/mol. The van der Waals surface area contributed by atoms with E-state index in [1.807, 2.05) is 12.1 Å². The summed E-state index contributed by atoms with van der Waals surface area (Å²) in [7, 11) is 1.69. The molecule has 0 aliphatic carbocycles. The molecule has 1 rings (SSSR count). The Bertz CT molecular complexity index is 477. The molecule has 0 saturated heterocycles. The van der Waals surface area contributed by atoms with Crippen molar-refractivity contribution in [2.75, 3.05) is 13.7 Å². The number of allylic oxidation sites excluding steroid dienone is 2. The van der Waals surface area contributed by atoms with Crippen LogP contribution in [0, 0.1) is 23.7 Å². The topological polar surface area (TPSA) is 18.5 Å². The lowest BCUT2D eigenvalue weighted by Gasteiger charge is -2.22.